The van der Waals surface area contributed by atoms with Crippen LogP contribution < -0.4 is 0 Å². The number of hydrogen-bond donors (Lipinski definition) is 2. The van der Waals surface area contributed by atoms with Gasteiger partial charge in [0, 0.05) is 13.1 Å². The zero-order chi connectivity index (χ0) is 11.7. The third-order valence-corrected chi connectivity index (χ3v) is 1.26. The summed E-state index contributed by atoms with van der Waals surface area (Å²) in [6.07, 6.45) is -0.398. The van der Waals surface area contributed by atoms with Gasteiger partial charge in [-0.25, -0.2) is 0 Å². The summed E-state index contributed by atoms with van der Waals surface area (Å²) < 4.78 is 0. The zero-order valence-electron chi connectivity index (χ0n) is 10.7. The van der Waals surface area contributed by atoms with Crippen LogP contribution >= 0.6 is 0 Å². The SMILES string of the molecule is CC(O)CN(C)C.CC(O)CN(C)C.[Ni+2]. The Labute approximate surface area is 104 Å². The molecule has 2 atom stereocenters. The van der Waals surface area contributed by atoms with Gasteiger partial charge in [0.15, 0.2) is 0 Å². The van der Waals surface area contributed by atoms with Crippen LogP contribution in [-0.2, 0) is 16.5 Å². The van der Waals surface area contributed by atoms with E-state index in [2.05, 4.69) is 0 Å². The summed E-state index contributed by atoms with van der Waals surface area (Å²) >= 11 is 0. The maximum atomic E-state index is 8.68. The molecule has 0 aliphatic carbocycles. The van der Waals surface area contributed by atoms with E-state index in [4.69, 9.17) is 10.2 Å². The Balaban J connectivity index is -0.000000180. The number of hydrogen-bond acceptors (Lipinski definition) is 4. The van der Waals surface area contributed by atoms with Crippen LogP contribution in [0.2, 0.25) is 0 Å². The molecular formula is C10H26N2NiO2+2. The molecule has 0 bridgehead atoms. The molecule has 0 saturated carbocycles. The standard InChI is InChI=1S/2C5H13NO.Ni/c2*1-5(7)4-6(2)3;/h2*5,7H,4H2,1-3H3;/q;;+2. The van der Waals surface area contributed by atoms with Crippen molar-refractivity contribution in [3.8, 4) is 0 Å². The van der Waals surface area contributed by atoms with Crippen molar-refractivity contribution >= 4 is 0 Å². The molecule has 4 nitrogen and oxygen atoms in total. The number of likely N-dealkylation sites (N-methyl/N-ethyl adjacent to an activating group) is 2. The third kappa shape index (κ3) is 31.4. The van der Waals surface area contributed by atoms with Crippen LogP contribution in [0.1, 0.15) is 13.8 Å². The maximum absolute atomic E-state index is 8.68. The number of nitrogens with zero attached hydrogens (tertiary/aromatic N) is 2. The van der Waals surface area contributed by atoms with Crippen LogP contribution in [-0.4, -0.2) is 73.5 Å². The summed E-state index contributed by atoms with van der Waals surface area (Å²) in [4.78, 5) is 3.90. The molecule has 0 rings (SSSR count). The first-order valence-corrected chi connectivity index (χ1v) is 4.91. The molecule has 0 spiro atoms. The van der Waals surface area contributed by atoms with Gasteiger partial charge in [-0.05, 0) is 42.0 Å². The van der Waals surface area contributed by atoms with Gasteiger partial charge in [-0.2, -0.15) is 0 Å². The van der Waals surface area contributed by atoms with Crippen molar-refractivity contribution in [3.63, 3.8) is 0 Å². The van der Waals surface area contributed by atoms with Crippen molar-refractivity contribution in [2.24, 2.45) is 0 Å². The average molecular weight is 265 g/mol. The summed E-state index contributed by atoms with van der Waals surface area (Å²) in [7, 11) is 7.75. The van der Waals surface area contributed by atoms with Crippen LogP contribution in [0.4, 0.5) is 0 Å². The minimum Gasteiger partial charge on any atom is -0.392 e. The van der Waals surface area contributed by atoms with Gasteiger partial charge in [-0.3, -0.25) is 0 Å². The predicted octanol–water partition coefficient (Wildman–Crippen LogP) is -0.145. The second-order valence-corrected chi connectivity index (χ2v) is 4.22. The normalized spacial score (nSPS) is 14.0. The summed E-state index contributed by atoms with van der Waals surface area (Å²) in [5, 5.41) is 17.4. The molecule has 5 heteroatoms. The van der Waals surface area contributed by atoms with E-state index in [9.17, 15) is 0 Å². The fourth-order valence-electron chi connectivity index (χ4n) is 1.06. The molecule has 0 radical (unpaired) electrons. The zero-order valence-corrected chi connectivity index (χ0v) is 11.7. The molecular weight excluding hydrogens is 239 g/mol. The van der Waals surface area contributed by atoms with Gasteiger partial charge in [0.25, 0.3) is 0 Å². The predicted molar refractivity (Wildman–Crippen MR) is 60.5 cm³/mol. The van der Waals surface area contributed by atoms with Crippen LogP contribution in [0.25, 0.3) is 0 Å². The van der Waals surface area contributed by atoms with Gasteiger partial charge in [0.05, 0.1) is 12.2 Å². The van der Waals surface area contributed by atoms with Gasteiger partial charge in [-0.15, -0.1) is 0 Å². The minimum atomic E-state index is -0.199. The smallest absolute Gasteiger partial charge is 0.392 e. The number of rotatable bonds is 4. The maximum Gasteiger partial charge on any atom is 2.00 e. The molecule has 0 aromatic carbocycles. The van der Waals surface area contributed by atoms with Gasteiger partial charge < -0.3 is 20.0 Å². The van der Waals surface area contributed by atoms with E-state index in [-0.39, 0.29) is 28.7 Å². The Morgan fingerprint density at radius 3 is 1.00 bits per heavy atom. The van der Waals surface area contributed by atoms with E-state index < -0.39 is 0 Å². The van der Waals surface area contributed by atoms with Crippen molar-refractivity contribution in [3.05, 3.63) is 0 Å². The first-order valence-electron chi connectivity index (χ1n) is 4.91. The van der Waals surface area contributed by atoms with E-state index >= 15 is 0 Å². The molecule has 0 amide bonds. The topological polar surface area (TPSA) is 46.9 Å². The Hall–Kier alpha value is 0.334. The number of aliphatic hydroxyl groups is 2. The van der Waals surface area contributed by atoms with E-state index in [1.54, 1.807) is 13.8 Å². The van der Waals surface area contributed by atoms with Crippen LogP contribution in [0.15, 0.2) is 0 Å². The van der Waals surface area contributed by atoms with Gasteiger partial charge in [0.2, 0.25) is 0 Å². The molecule has 0 aromatic heterocycles. The van der Waals surface area contributed by atoms with Crippen LogP contribution in [0.5, 0.6) is 0 Å². The summed E-state index contributed by atoms with van der Waals surface area (Å²) in [6, 6.07) is 0. The monoisotopic (exact) mass is 264 g/mol. The number of aliphatic hydroxyl groups excluding tert-OH is 2. The third-order valence-electron chi connectivity index (χ3n) is 1.26. The fourth-order valence-corrected chi connectivity index (χ4v) is 1.06. The van der Waals surface area contributed by atoms with Crippen molar-refractivity contribution in [1.29, 1.82) is 0 Å². The molecule has 0 aliphatic rings. The molecule has 2 N–H and O–H groups in total. The van der Waals surface area contributed by atoms with Gasteiger partial charge >= 0.3 is 16.5 Å². The molecule has 0 heterocycles. The molecule has 0 aliphatic heterocycles. The van der Waals surface area contributed by atoms with Gasteiger partial charge in [0.1, 0.15) is 0 Å². The molecule has 0 aromatic rings. The molecule has 15 heavy (non-hydrogen) atoms. The summed E-state index contributed by atoms with van der Waals surface area (Å²) in [6.45, 7) is 5.06. The summed E-state index contributed by atoms with van der Waals surface area (Å²) in [5.41, 5.74) is 0. The molecule has 0 saturated heterocycles. The Morgan fingerprint density at radius 2 is 1.00 bits per heavy atom. The largest absolute Gasteiger partial charge is 2.00 e. The van der Waals surface area contributed by atoms with Crippen LogP contribution in [0, 0.1) is 0 Å². The van der Waals surface area contributed by atoms with Crippen molar-refractivity contribution in [2.75, 3.05) is 41.3 Å². The molecule has 2 unspecified atom stereocenters. The minimum absolute atomic E-state index is 0. The van der Waals surface area contributed by atoms with Crippen molar-refractivity contribution < 1.29 is 26.7 Å². The average Bonchev–Trinajstić information content (AvgIpc) is 1.79. The first-order chi connectivity index (χ1) is 6.25. The molecule has 96 valence electrons. The first kappa shape index (κ1) is 20.7. The van der Waals surface area contributed by atoms with Crippen LogP contribution in [0.3, 0.4) is 0 Å². The van der Waals surface area contributed by atoms with Crippen molar-refractivity contribution in [2.45, 2.75) is 26.1 Å². The van der Waals surface area contributed by atoms with Gasteiger partial charge in [-0.1, -0.05) is 0 Å². The van der Waals surface area contributed by atoms with E-state index in [1.165, 1.54) is 0 Å². The second-order valence-electron chi connectivity index (χ2n) is 4.22. The Kier molecular flexibility index (Phi) is 17.1. The fraction of sp³-hybridized carbons (Fsp3) is 1.00. The van der Waals surface area contributed by atoms with E-state index in [1.807, 2.05) is 38.0 Å². The Morgan fingerprint density at radius 1 is 0.800 bits per heavy atom. The Bertz CT molecular complexity index is 94.0. The van der Waals surface area contributed by atoms with E-state index in [0.717, 1.165) is 13.1 Å². The van der Waals surface area contributed by atoms with Crippen molar-refractivity contribution in [1.82, 2.24) is 9.80 Å². The molecule has 0 fully saturated rings. The summed E-state index contributed by atoms with van der Waals surface area (Å²) in [5.74, 6) is 0. The second kappa shape index (κ2) is 12.4. The van der Waals surface area contributed by atoms with E-state index in [0.29, 0.717) is 0 Å². The quantitative estimate of drug-likeness (QED) is 0.694.